The first kappa shape index (κ1) is 24.4. The Hall–Kier alpha value is -2.24. The minimum absolute atomic E-state index is 0.0294. The van der Waals surface area contributed by atoms with Crippen LogP contribution in [0.15, 0.2) is 24.3 Å². The molecule has 2 heterocycles. The molecule has 178 valence electrons. The first-order chi connectivity index (χ1) is 15.3. The topological polar surface area (TPSA) is 124 Å². The van der Waals surface area contributed by atoms with Crippen LogP contribution in [-0.2, 0) is 14.3 Å². The molecule has 1 aromatic carbocycles. The monoisotopic (exact) mass is 450 g/mol. The van der Waals surface area contributed by atoms with Crippen molar-refractivity contribution in [2.45, 2.75) is 30.8 Å². The Bertz CT molecular complexity index is 753. The van der Waals surface area contributed by atoms with Crippen LogP contribution in [-0.4, -0.2) is 111 Å². The predicted molar refractivity (Wildman–Crippen MR) is 119 cm³/mol. The van der Waals surface area contributed by atoms with Crippen LogP contribution in [0.5, 0.6) is 0 Å². The number of ether oxygens (including phenoxy) is 2. The molecule has 3 rings (SSSR count). The van der Waals surface area contributed by atoms with Crippen molar-refractivity contribution in [1.29, 1.82) is 0 Å². The minimum Gasteiger partial charge on any atom is -0.388 e. The molecular weight excluding hydrogens is 416 g/mol. The lowest BCUT2D eigenvalue weighted by Gasteiger charge is -2.26. The molecule has 0 spiro atoms. The fourth-order valence-corrected chi connectivity index (χ4v) is 3.80. The fourth-order valence-electron chi connectivity index (χ4n) is 3.80. The SMILES string of the molecule is CN(C)c1ccc(C(=O)NC[C@@H]2O[C@@H](CC(=O)NCCN3CCOCC3)[C@H](O)[C@@H]2O)cc1. The molecule has 2 aliphatic rings. The van der Waals surface area contributed by atoms with Gasteiger partial charge in [-0.25, -0.2) is 0 Å². The Morgan fingerprint density at radius 2 is 1.72 bits per heavy atom. The van der Waals surface area contributed by atoms with Crippen molar-refractivity contribution < 1.29 is 29.3 Å². The molecule has 0 unspecified atom stereocenters. The molecule has 0 aliphatic carbocycles. The molecule has 1 aromatic rings. The summed E-state index contributed by atoms with van der Waals surface area (Å²) in [6.07, 6.45) is -4.05. The molecule has 2 fully saturated rings. The zero-order valence-electron chi connectivity index (χ0n) is 18.7. The lowest BCUT2D eigenvalue weighted by Crippen LogP contribution is -2.42. The highest BCUT2D eigenvalue weighted by Crippen LogP contribution is 2.23. The highest BCUT2D eigenvalue weighted by molar-refractivity contribution is 5.94. The van der Waals surface area contributed by atoms with E-state index in [2.05, 4.69) is 15.5 Å². The highest BCUT2D eigenvalue weighted by Gasteiger charge is 2.43. The Morgan fingerprint density at radius 1 is 1.06 bits per heavy atom. The number of nitrogens with one attached hydrogen (secondary N) is 2. The van der Waals surface area contributed by atoms with E-state index in [1.165, 1.54) is 0 Å². The molecule has 2 saturated heterocycles. The Labute approximate surface area is 188 Å². The van der Waals surface area contributed by atoms with Crippen LogP contribution in [0.3, 0.4) is 0 Å². The van der Waals surface area contributed by atoms with Gasteiger partial charge >= 0.3 is 0 Å². The van der Waals surface area contributed by atoms with E-state index in [4.69, 9.17) is 9.47 Å². The van der Waals surface area contributed by atoms with Gasteiger partial charge in [0.2, 0.25) is 5.91 Å². The van der Waals surface area contributed by atoms with E-state index in [0.29, 0.717) is 25.3 Å². The van der Waals surface area contributed by atoms with Crippen LogP contribution in [0.4, 0.5) is 5.69 Å². The van der Waals surface area contributed by atoms with E-state index in [1.807, 2.05) is 31.1 Å². The molecule has 4 N–H and O–H groups in total. The van der Waals surface area contributed by atoms with Crippen molar-refractivity contribution in [3.63, 3.8) is 0 Å². The molecule has 10 heteroatoms. The van der Waals surface area contributed by atoms with Gasteiger partial charge in [-0.2, -0.15) is 0 Å². The van der Waals surface area contributed by atoms with Gasteiger partial charge in [-0.3, -0.25) is 14.5 Å². The van der Waals surface area contributed by atoms with Crippen LogP contribution in [0.25, 0.3) is 0 Å². The van der Waals surface area contributed by atoms with Gasteiger partial charge in [0.1, 0.15) is 18.3 Å². The number of aliphatic hydroxyl groups is 2. The largest absolute Gasteiger partial charge is 0.388 e. The van der Waals surface area contributed by atoms with E-state index in [9.17, 15) is 19.8 Å². The third-order valence-corrected chi connectivity index (χ3v) is 5.81. The van der Waals surface area contributed by atoms with Gasteiger partial charge in [-0.1, -0.05) is 0 Å². The summed E-state index contributed by atoms with van der Waals surface area (Å²) in [6.45, 7) is 4.36. The van der Waals surface area contributed by atoms with Gasteiger partial charge in [0.15, 0.2) is 0 Å². The summed E-state index contributed by atoms with van der Waals surface area (Å²) in [5.74, 6) is -0.551. The summed E-state index contributed by atoms with van der Waals surface area (Å²) < 4.78 is 11.0. The van der Waals surface area contributed by atoms with Crippen molar-refractivity contribution >= 4 is 17.5 Å². The number of amides is 2. The van der Waals surface area contributed by atoms with Crippen LogP contribution >= 0.6 is 0 Å². The summed E-state index contributed by atoms with van der Waals surface area (Å²) in [6, 6.07) is 7.12. The number of nitrogens with zero attached hydrogens (tertiary/aromatic N) is 2. The van der Waals surface area contributed by atoms with Crippen molar-refractivity contribution in [2.75, 3.05) is 64.9 Å². The van der Waals surface area contributed by atoms with Crippen LogP contribution < -0.4 is 15.5 Å². The normalized spacial score (nSPS) is 26.0. The van der Waals surface area contributed by atoms with Gasteiger partial charge in [-0.15, -0.1) is 0 Å². The third-order valence-electron chi connectivity index (χ3n) is 5.81. The molecule has 2 amide bonds. The fraction of sp³-hybridized carbons (Fsp3) is 0.636. The number of hydrogen-bond donors (Lipinski definition) is 4. The van der Waals surface area contributed by atoms with Crippen molar-refractivity contribution in [3.05, 3.63) is 29.8 Å². The molecule has 0 bridgehead atoms. The summed E-state index contributed by atoms with van der Waals surface area (Å²) in [7, 11) is 3.83. The number of benzene rings is 1. The van der Waals surface area contributed by atoms with E-state index in [1.54, 1.807) is 12.1 Å². The second-order valence-electron chi connectivity index (χ2n) is 8.35. The quantitative estimate of drug-likeness (QED) is 0.370. The van der Waals surface area contributed by atoms with E-state index in [0.717, 1.165) is 25.3 Å². The number of carbonyl (C=O) groups is 2. The minimum atomic E-state index is -1.19. The van der Waals surface area contributed by atoms with Crippen molar-refractivity contribution in [3.8, 4) is 0 Å². The molecule has 2 aliphatic heterocycles. The molecule has 4 atom stereocenters. The maximum atomic E-state index is 12.4. The second kappa shape index (κ2) is 11.6. The highest BCUT2D eigenvalue weighted by atomic mass is 16.5. The number of morpholine rings is 1. The summed E-state index contributed by atoms with van der Waals surface area (Å²) in [5, 5.41) is 26.1. The Kier molecular flexibility index (Phi) is 8.83. The third kappa shape index (κ3) is 6.63. The summed E-state index contributed by atoms with van der Waals surface area (Å²) in [4.78, 5) is 28.7. The molecule has 10 nitrogen and oxygen atoms in total. The lowest BCUT2D eigenvalue weighted by molar-refractivity contribution is -0.125. The standard InChI is InChI=1S/C22H34N4O6/c1-25(2)16-5-3-15(4-6-16)22(30)24-14-18-21(29)20(28)17(32-18)13-19(27)23-7-8-26-9-11-31-12-10-26/h3-6,17-18,20-21,28-29H,7-14H2,1-2H3,(H,23,27)(H,24,30)/t17-,18-,20-,21+/m0/s1. The van der Waals surface area contributed by atoms with Crippen LogP contribution in [0, 0.1) is 0 Å². The number of carbonyl (C=O) groups excluding carboxylic acids is 2. The number of aliphatic hydroxyl groups excluding tert-OH is 2. The molecular formula is C22H34N4O6. The number of rotatable bonds is 9. The first-order valence-corrected chi connectivity index (χ1v) is 11.0. The molecule has 0 saturated carbocycles. The van der Waals surface area contributed by atoms with Gasteiger partial charge in [-0.05, 0) is 24.3 Å². The van der Waals surface area contributed by atoms with E-state index in [-0.39, 0.29) is 24.8 Å². The Morgan fingerprint density at radius 3 is 2.38 bits per heavy atom. The van der Waals surface area contributed by atoms with E-state index < -0.39 is 24.4 Å². The Balaban J connectivity index is 1.40. The lowest BCUT2D eigenvalue weighted by atomic mass is 10.1. The molecule has 0 radical (unpaired) electrons. The average molecular weight is 451 g/mol. The second-order valence-corrected chi connectivity index (χ2v) is 8.35. The zero-order chi connectivity index (χ0) is 23.1. The molecule has 0 aromatic heterocycles. The zero-order valence-corrected chi connectivity index (χ0v) is 18.7. The van der Waals surface area contributed by atoms with Crippen molar-refractivity contribution in [2.24, 2.45) is 0 Å². The van der Waals surface area contributed by atoms with E-state index >= 15 is 0 Å². The number of anilines is 1. The van der Waals surface area contributed by atoms with Crippen molar-refractivity contribution in [1.82, 2.24) is 15.5 Å². The van der Waals surface area contributed by atoms with Gasteiger partial charge in [0.05, 0.1) is 25.7 Å². The smallest absolute Gasteiger partial charge is 0.251 e. The van der Waals surface area contributed by atoms with Gasteiger partial charge in [0.25, 0.3) is 5.91 Å². The summed E-state index contributed by atoms with van der Waals surface area (Å²) >= 11 is 0. The summed E-state index contributed by atoms with van der Waals surface area (Å²) in [5.41, 5.74) is 1.46. The van der Waals surface area contributed by atoms with Gasteiger partial charge < -0.3 is 35.2 Å². The number of hydrogen-bond acceptors (Lipinski definition) is 8. The molecule has 32 heavy (non-hydrogen) atoms. The predicted octanol–water partition coefficient (Wildman–Crippen LogP) is -1.19. The maximum Gasteiger partial charge on any atom is 0.251 e. The first-order valence-electron chi connectivity index (χ1n) is 11.0. The van der Waals surface area contributed by atoms with Gasteiger partial charge in [0, 0.05) is 58.1 Å². The van der Waals surface area contributed by atoms with Crippen LogP contribution in [0.1, 0.15) is 16.8 Å². The maximum absolute atomic E-state index is 12.4. The average Bonchev–Trinajstić information content (AvgIpc) is 3.06. The van der Waals surface area contributed by atoms with Crippen LogP contribution in [0.2, 0.25) is 0 Å².